The van der Waals surface area contributed by atoms with Crippen LogP contribution in [0.1, 0.15) is 39.8 Å². The zero-order valence-corrected chi connectivity index (χ0v) is 19.6. The van der Waals surface area contributed by atoms with Crippen molar-refractivity contribution < 1.29 is 14.6 Å². The van der Waals surface area contributed by atoms with Crippen LogP contribution in [0.3, 0.4) is 0 Å². The van der Waals surface area contributed by atoms with Gasteiger partial charge in [-0.15, -0.1) is 0 Å². The van der Waals surface area contributed by atoms with Crippen molar-refractivity contribution in [3.63, 3.8) is 0 Å². The second-order valence-corrected chi connectivity index (χ2v) is 8.96. The van der Waals surface area contributed by atoms with E-state index in [0.717, 1.165) is 69.6 Å². The highest BCUT2D eigenvalue weighted by molar-refractivity contribution is 5.96. The van der Waals surface area contributed by atoms with E-state index in [2.05, 4.69) is 41.6 Å². The number of methoxy groups -OCH3 is 1. The highest BCUT2D eigenvalue weighted by Crippen LogP contribution is 2.48. The van der Waals surface area contributed by atoms with Gasteiger partial charge < -0.3 is 20.5 Å². The van der Waals surface area contributed by atoms with Gasteiger partial charge in [0.05, 0.1) is 13.5 Å². The molecule has 0 atom stereocenters. The number of ether oxygens (including phenoxy) is 1. The lowest BCUT2D eigenvalue weighted by Crippen LogP contribution is -2.17. The fourth-order valence-corrected chi connectivity index (χ4v) is 5.49. The molecule has 2 aromatic carbocycles. The lowest BCUT2D eigenvalue weighted by Gasteiger charge is -2.30. The lowest BCUT2D eigenvalue weighted by atomic mass is 9.80. The molecular formula is C27H29N3O3. The van der Waals surface area contributed by atoms with Crippen LogP contribution in [-0.2, 0) is 24.2 Å². The molecule has 0 unspecified atom stereocenters. The van der Waals surface area contributed by atoms with Gasteiger partial charge in [0.15, 0.2) is 0 Å². The average Bonchev–Trinajstić information content (AvgIpc) is 2.82. The van der Waals surface area contributed by atoms with Crippen molar-refractivity contribution in [1.82, 2.24) is 4.98 Å². The molecular weight excluding hydrogens is 414 g/mol. The highest BCUT2D eigenvalue weighted by Gasteiger charge is 2.28. The molecule has 5 rings (SSSR count). The van der Waals surface area contributed by atoms with Crippen LogP contribution in [0.15, 0.2) is 24.4 Å². The van der Waals surface area contributed by atoms with E-state index < -0.39 is 5.97 Å². The fraction of sp³-hybridized carbons (Fsp3) is 0.333. The summed E-state index contributed by atoms with van der Waals surface area (Å²) in [5.41, 5.74) is 13.0. The summed E-state index contributed by atoms with van der Waals surface area (Å²) in [6.45, 7) is 7.89. The van der Waals surface area contributed by atoms with Crippen LogP contribution in [-0.4, -0.2) is 29.7 Å². The molecule has 0 saturated carbocycles. The van der Waals surface area contributed by atoms with Crippen LogP contribution >= 0.6 is 0 Å². The van der Waals surface area contributed by atoms with Gasteiger partial charge in [0.25, 0.3) is 0 Å². The molecule has 6 nitrogen and oxygen atoms in total. The number of carboxylic acid groups (broad SMARTS) is 1. The minimum atomic E-state index is -0.824. The number of benzene rings is 2. The summed E-state index contributed by atoms with van der Waals surface area (Å²) in [7, 11) is 1.62. The number of pyridine rings is 1. The van der Waals surface area contributed by atoms with E-state index in [0.29, 0.717) is 12.4 Å². The molecule has 0 radical (unpaired) electrons. The van der Waals surface area contributed by atoms with Gasteiger partial charge in [0.1, 0.15) is 0 Å². The SMILES string of the molecule is COc1cc2c(cn1)-c1c(C)c(-c3ccc4c(c3C)NCCC4)c(CC(=O)O)c(C)c1NC2. The van der Waals surface area contributed by atoms with E-state index in [9.17, 15) is 9.90 Å². The number of fused-ring (bicyclic) bond motifs is 4. The van der Waals surface area contributed by atoms with Crippen LogP contribution in [0, 0.1) is 20.8 Å². The summed E-state index contributed by atoms with van der Waals surface area (Å²) >= 11 is 0. The number of carbonyl (C=O) groups is 1. The van der Waals surface area contributed by atoms with Gasteiger partial charge in [-0.2, -0.15) is 0 Å². The summed E-state index contributed by atoms with van der Waals surface area (Å²) in [4.78, 5) is 16.4. The number of nitrogens with one attached hydrogen (secondary N) is 2. The Morgan fingerprint density at radius 1 is 1.03 bits per heavy atom. The smallest absolute Gasteiger partial charge is 0.307 e. The highest BCUT2D eigenvalue weighted by atomic mass is 16.5. The number of carboxylic acids is 1. The molecule has 170 valence electrons. The number of aromatic nitrogens is 1. The first kappa shape index (κ1) is 21.3. The summed E-state index contributed by atoms with van der Waals surface area (Å²) in [5, 5.41) is 16.9. The number of aliphatic carboxylic acids is 1. The molecule has 2 aliphatic rings. The van der Waals surface area contributed by atoms with Crippen LogP contribution in [0.25, 0.3) is 22.3 Å². The molecule has 0 fully saturated rings. The summed E-state index contributed by atoms with van der Waals surface area (Å²) in [6, 6.07) is 6.34. The van der Waals surface area contributed by atoms with Crippen molar-refractivity contribution in [2.75, 3.05) is 24.3 Å². The third kappa shape index (κ3) is 3.41. The van der Waals surface area contributed by atoms with Gasteiger partial charge in [0.2, 0.25) is 5.88 Å². The van der Waals surface area contributed by atoms with Crippen molar-refractivity contribution in [2.45, 2.75) is 46.6 Å². The molecule has 3 aromatic rings. The molecule has 3 N–H and O–H groups in total. The first-order valence-corrected chi connectivity index (χ1v) is 11.4. The third-order valence-electron chi connectivity index (χ3n) is 7.10. The van der Waals surface area contributed by atoms with Gasteiger partial charge in [0, 0.05) is 47.9 Å². The second kappa shape index (κ2) is 8.10. The molecule has 6 heteroatoms. The standard InChI is InChI=1S/C27H29N3O3/c1-14-19(8-7-17-6-5-9-28-26(14)17)24-16(3)25-21-13-29-22(33-4)10-18(21)12-30-27(25)15(2)20(24)11-23(31)32/h7-8,10,13,28,30H,5-6,9,11-12H2,1-4H3,(H,31,32). The Hall–Kier alpha value is -3.54. The Balaban J connectivity index is 1.81. The van der Waals surface area contributed by atoms with Crippen molar-refractivity contribution in [3.05, 3.63) is 57.8 Å². The summed E-state index contributed by atoms with van der Waals surface area (Å²) < 4.78 is 5.34. The number of nitrogens with zero attached hydrogens (tertiary/aromatic N) is 1. The van der Waals surface area contributed by atoms with Crippen LogP contribution in [0.4, 0.5) is 11.4 Å². The number of aryl methyl sites for hydroxylation is 1. The van der Waals surface area contributed by atoms with Crippen molar-refractivity contribution in [1.29, 1.82) is 0 Å². The van der Waals surface area contributed by atoms with Crippen LogP contribution in [0.5, 0.6) is 5.88 Å². The molecule has 2 aliphatic heterocycles. The molecule has 1 aromatic heterocycles. The average molecular weight is 444 g/mol. The van der Waals surface area contributed by atoms with E-state index in [1.807, 2.05) is 19.2 Å². The van der Waals surface area contributed by atoms with Crippen molar-refractivity contribution >= 4 is 17.3 Å². The Kier molecular flexibility index (Phi) is 5.23. The minimum Gasteiger partial charge on any atom is -0.481 e. The number of hydrogen-bond donors (Lipinski definition) is 3. The van der Waals surface area contributed by atoms with E-state index in [4.69, 9.17) is 4.74 Å². The molecule has 0 aliphatic carbocycles. The fourth-order valence-electron chi connectivity index (χ4n) is 5.49. The van der Waals surface area contributed by atoms with Gasteiger partial charge in [-0.1, -0.05) is 12.1 Å². The van der Waals surface area contributed by atoms with Gasteiger partial charge in [-0.3, -0.25) is 4.79 Å². The van der Waals surface area contributed by atoms with E-state index >= 15 is 0 Å². The maximum Gasteiger partial charge on any atom is 0.307 e. The van der Waals surface area contributed by atoms with Crippen LogP contribution in [0.2, 0.25) is 0 Å². The predicted octanol–water partition coefficient (Wildman–Crippen LogP) is 5.26. The molecule has 0 spiro atoms. The zero-order valence-electron chi connectivity index (χ0n) is 19.6. The minimum absolute atomic E-state index is 0.0192. The lowest BCUT2D eigenvalue weighted by molar-refractivity contribution is -0.136. The van der Waals surface area contributed by atoms with E-state index in [1.54, 1.807) is 7.11 Å². The monoisotopic (exact) mass is 443 g/mol. The molecule has 33 heavy (non-hydrogen) atoms. The topological polar surface area (TPSA) is 83.5 Å². The number of rotatable bonds is 4. The molecule has 0 amide bonds. The van der Waals surface area contributed by atoms with Crippen molar-refractivity contribution in [2.24, 2.45) is 0 Å². The third-order valence-corrected chi connectivity index (χ3v) is 7.10. The number of anilines is 2. The second-order valence-electron chi connectivity index (χ2n) is 8.96. The van der Waals surface area contributed by atoms with Crippen molar-refractivity contribution in [3.8, 4) is 28.1 Å². The van der Waals surface area contributed by atoms with E-state index in [-0.39, 0.29) is 6.42 Å². The molecule has 0 bridgehead atoms. The Morgan fingerprint density at radius 3 is 2.61 bits per heavy atom. The largest absolute Gasteiger partial charge is 0.481 e. The van der Waals surface area contributed by atoms with Gasteiger partial charge in [-0.05, 0) is 78.1 Å². The Morgan fingerprint density at radius 2 is 1.85 bits per heavy atom. The summed E-state index contributed by atoms with van der Waals surface area (Å²) in [6.07, 6.45) is 4.06. The maximum atomic E-state index is 11.9. The van der Waals surface area contributed by atoms with Gasteiger partial charge in [-0.25, -0.2) is 4.98 Å². The van der Waals surface area contributed by atoms with E-state index in [1.165, 1.54) is 16.8 Å². The zero-order chi connectivity index (χ0) is 23.3. The quantitative estimate of drug-likeness (QED) is 0.510. The predicted molar refractivity (Wildman–Crippen MR) is 131 cm³/mol. The first-order valence-electron chi connectivity index (χ1n) is 11.4. The number of hydrogen-bond acceptors (Lipinski definition) is 5. The Labute approximate surface area is 194 Å². The Bertz CT molecular complexity index is 1300. The molecule has 0 saturated heterocycles. The summed E-state index contributed by atoms with van der Waals surface area (Å²) in [5.74, 6) is -0.234. The first-order chi connectivity index (χ1) is 15.9. The molecule has 3 heterocycles. The maximum absolute atomic E-state index is 11.9. The van der Waals surface area contributed by atoms with Crippen LogP contribution < -0.4 is 15.4 Å². The normalized spacial score (nSPS) is 13.8. The van der Waals surface area contributed by atoms with Gasteiger partial charge >= 0.3 is 5.97 Å².